The van der Waals surface area contributed by atoms with Gasteiger partial charge in [-0.3, -0.25) is 4.90 Å². The molecule has 0 N–H and O–H groups in total. The van der Waals surface area contributed by atoms with Crippen LogP contribution >= 0.6 is 0 Å². The summed E-state index contributed by atoms with van der Waals surface area (Å²) in [4.78, 5) is 23.8. The van der Waals surface area contributed by atoms with Crippen LogP contribution in [0, 0.1) is 11.8 Å². The molecule has 0 saturated carbocycles. The minimum atomic E-state index is -0.539. The predicted octanol–water partition coefficient (Wildman–Crippen LogP) is 3.39. The first-order valence-electron chi connectivity index (χ1n) is 9.09. The largest absolute Gasteiger partial charge is 0.444 e. The number of morpholine rings is 1. The maximum atomic E-state index is 11.7. The van der Waals surface area contributed by atoms with Crippen molar-refractivity contribution in [3.63, 3.8) is 0 Å². The maximum Gasteiger partial charge on any atom is 0.411 e. The molecule has 1 saturated heterocycles. The van der Waals surface area contributed by atoms with Crippen LogP contribution in [0.15, 0.2) is 0 Å². The molecule has 5 nitrogen and oxygen atoms in total. The van der Waals surface area contributed by atoms with Crippen molar-refractivity contribution in [3.8, 4) is 0 Å². The molecule has 0 aromatic rings. The van der Waals surface area contributed by atoms with Crippen molar-refractivity contribution in [3.05, 3.63) is 0 Å². The van der Waals surface area contributed by atoms with Crippen LogP contribution in [-0.4, -0.2) is 63.9 Å². The molecule has 1 heterocycles. The lowest BCUT2D eigenvalue weighted by Crippen LogP contribution is -2.51. The average Bonchev–Trinajstić information content (AvgIpc) is 2.45. The molecule has 1 fully saturated rings. The average molecular weight is 357 g/mol. The van der Waals surface area contributed by atoms with Gasteiger partial charge in [-0.2, -0.15) is 0 Å². The number of carbonyl (C=O) groups is 2. The van der Waals surface area contributed by atoms with Crippen LogP contribution in [0.1, 0.15) is 48.5 Å². The molecule has 0 aromatic heterocycles. The van der Waals surface area contributed by atoms with E-state index in [1.165, 1.54) is 15.5 Å². The van der Waals surface area contributed by atoms with Crippen LogP contribution in [0.4, 0.5) is 4.79 Å². The Hall–Kier alpha value is -0.568. The van der Waals surface area contributed by atoms with Crippen LogP contribution in [0.25, 0.3) is 0 Å². The number of amides is 1. The summed E-state index contributed by atoms with van der Waals surface area (Å²) < 4.78 is 10.3. The van der Waals surface area contributed by atoms with Crippen molar-refractivity contribution < 1.29 is 19.1 Å². The van der Waals surface area contributed by atoms with Crippen molar-refractivity contribution in [2.45, 2.75) is 70.7 Å². The molecule has 0 spiro atoms. The number of carbonyl (C=O) groups excluding carboxylic acids is 2. The second kappa shape index (κ2) is 11.9. The van der Waals surface area contributed by atoms with Gasteiger partial charge in [0, 0.05) is 6.54 Å². The summed E-state index contributed by atoms with van der Waals surface area (Å²) in [6, 6.07) is -0.520. The second-order valence-electron chi connectivity index (χ2n) is 8.17. The van der Waals surface area contributed by atoms with E-state index in [1.807, 2.05) is 0 Å². The minimum absolute atomic E-state index is 0.253. The molecule has 0 aliphatic carbocycles. The monoisotopic (exact) mass is 357 g/mol. The van der Waals surface area contributed by atoms with Gasteiger partial charge in [-0.05, 0) is 20.8 Å². The Kier molecular flexibility index (Phi) is 11.6. The molecule has 1 aliphatic rings. The summed E-state index contributed by atoms with van der Waals surface area (Å²) >= 11 is 0.316. The Morgan fingerprint density at radius 1 is 1.25 bits per heavy atom. The summed E-state index contributed by atoms with van der Waals surface area (Å²) in [6.45, 7) is 15.8. The second-order valence-corrected chi connectivity index (χ2v) is 10.0. The highest BCUT2D eigenvalue weighted by Gasteiger charge is 2.30. The Morgan fingerprint density at radius 2 is 1.79 bits per heavy atom. The van der Waals surface area contributed by atoms with Crippen molar-refractivity contribution in [2.75, 3.05) is 19.8 Å². The summed E-state index contributed by atoms with van der Waals surface area (Å²) in [5.74, 6) is 1.91. The van der Waals surface area contributed by atoms with Crippen LogP contribution < -0.4 is 0 Å². The first-order valence-corrected chi connectivity index (χ1v) is 11.1. The molecule has 1 amide bonds. The molecule has 0 radical (unpaired) electrons. The summed E-state index contributed by atoms with van der Waals surface area (Å²) in [5, 5.41) is 3.08. The van der Waals surface area contributed by atoms with Gasteiger partial charge >= 0.3 is 6.09 Å². The first kappa shape index (κ1) is 23.4. The quantitative estimate of drug-likeness (QED) is 0.559. The van der Waals surface area contributed by atoms with Crippen molar-refractivity contribution in [1.82, 2.24) is 4.90 Å². The Morgan fingerprint density at radius 3 is 2.21 bits per heavy atom. The topological polar surface area (TPSA) is 55.8 Å². The van der Waals surface area contributed by atoms with E-state index in [0.29, 0.717) is 34.7 Å². The molecule has 6 heteroatoms. The number of aldehydes is 1. The van der Waals surface area contributed by atoms with Crippen LogP contribution in [0.5, 0.6) is 0 Å². The molecule has 140 valence electrons. The predicted molar refractivity (Wildman–Crippen MR) is 100 cm³/mol. The van der Waals surface area contributed by atoms with Crippen molar-refractivity contribution in [2.24, 2.45) is 11.8 Å². The van der Waals surface area contributed by atoms with Gasteiger partial charge in [-0.1, -0.05) is 50.1 Å². The Labute approximate surface area is 154 Å². The Balaban J connectivity index is 0.000000506. The molecule has 24 heavy (non-hydrogen) atoms. The minimum Gasteiger partial charge on any atom is -0.444 e. The summed E-state index contributed by atoms with van der Waals surface area (Å²) in [6.07, 6.45) is 0.256. The number of hydrogen-bond donors (Lipinski definition) is 0. The van der Waals surface area contributed by atoms with Gasteiger partial charge < -0.3 is 14.3 Å². The highest BCUT2D eigenvalue weighted by atomic mass is 27.1. The van der Waals surface area contributed by atoms with Gasteiger partial charge in [0.1, 0.15) is 17.9 Å². The van der Waals surface area contributed by atoms with Gasteiger partial charge in [0.05, 0.1) is 13.2 Å². The van der Waals surface area contributed by atoms with Gasteiger partial charge in [0.25, 0.3) is 0 Å². The first-order chi connectivity index (χ1) is 11.1. The summed E-state index contributed by atoms with van der Waals surface area (Å²) in [7, 11) is 0. The van der Waals surface area contributed by atoms with E-state index in [4.69, 9.17) is 9.47 Å². The zero-order chi connectivity index (χ0) is 18.8. The lowest BCUT2D eigenvalue weighted by Gasteiger charge is -2.33. The molecular weight excluding hydrogens is 321 g/mol. The number of hydrogen-bond acceptors (Lipinski definition) is 4. The molecule has 1 aliphatic heterocycles. The zero-order valence-corrected chi connectivity index (χ0v) is 18.0. The lowest BCUT2D eigenvalue weighted by molar-refractivity contribution is -0.118. The van der Waals surface area contributed by atoms with E-state index in [0.717, 1.165) is 11.8 Å². The lowest BCUT2D eigenvalue weighted by atomic mass is 10.2. The molecule has 1 atom stereocenters. The van der Waals surface area contributed by atoms with E-state index in [1.54, 1.807) is 20.8 Å². The highest BCUT2D eigenvalue weighted by molar-refractivity contribution is 6.35. The van der Waals surface area contributed by atoms with Crippen molar-refractivity contribution >= 4 is 27.6 Å². The van der Waals surface area contributed by atoms with E-state index in [2.05, 4.69) is 27.7 Å². The van der Waals surface area contributed by atoms with Crippen LogP contribution in [0.3, 0.4) is 0 Å². The number of nitrogens with zero attached hydrogens (tertiary/aromatic N) is 1. The summed E-state index contributed by atoms with van der Waals surface area (Å²) in [5.41, 5.74) is -0.539. The zero-order valence-electron chi connectivity index (χ0n) is 16.6. The van der Waals surface area contributed by atoms with E-state index >= 15 is 0 Å². The molecule has 1 unspecified atom stereocenters. The molecule has 0 bridgehead atoms. The van der Waals surface area contributed by atoms with Crippen molar-refractivity contribution in [1.29, 1.82) is 0 Å². The van der Waals surface area contributed by atoms with Gasteiger partial charge in [0.2, 0.25) is 15.2 Å². The third-order valence-corrected chi connectivity index (χ3v) is 6.64. The maximum absolute atomic E-state index is 11.7. The third kappa shape index (κ3) is 11.9. The van der Waals surface area contributed by atoms with Gasteiger partial charge in [-0.15, -0.1) is 0 Å². The smallest absolute Gasteiger partial charge is 0.411 e. The van der Waals surface area contributed by atoms with E-state index in [-0.39, 0.29) is 6.61 Å². The normalized spacial score (nSPS) is 18.0. The number of rotatable bonds is 5. The highest BCUT2D eigenvalue weighted by Crippen LogP contribution is 2.13. The fourth-order valence-electron chi connectivity index (χ4n) is 2.22. The standard InChI is InChI=1S/C10H17NO4.2C4H9.Al.H/c1-10(2,3)15-9(13)11-4-5-14-7-8(11)6-12;2*1-4(2)3;;/h6,8H,4-5,7H2,1-3H3;2*4H,1H2,2-3H3;;. The molecular formula is C18H36AlNO4. The Bertz CT molecular complexity index is 359. The van der Waals surface area contributed by atoms with E-state index in [9.17, 15) is 9.59 Å². The fourth-order valence-corrected chi connectivity index (χ4v) is 4.09. The SMILES string of the molecule is CC(C)(C)OC(=O)N1CCOCC1C=O.CC(C)[CH2][AlH][CH2]C(C)C. The molecule has 0 aromatic carbocycles. The fraction of sp³-hybridized carbons (Fsp3) is 0.889. The van der Waals surface area contributed by atoms with Gasteiger partial charge in [0.15, 0.2) is 0 Å². The third-order valence-electron chi connectivity index (χ3n) is 3.51. The van der Waals surface area contributed by atoms with Crippen LogP contribution in [-0.2, 0) is 14.3 Å². The van der Waals surface area contributed by atoms with Crippen LogP contribution in [0.2, 0.25) is 10.6 Å². The number of ether oxygens (including phenoxy) is 2. The van der Waals surface area contributed by atoms with Gasteiger partial charge in [-0.25, -0.2) is 4.79 Å². The van der Waals surface area contributed by atoms with E-state index < -0.39 is 17.7 Å². The molecule has 1 rings (SSSR count).